The molecule has 0 heterocycles. The van der Waals surface area contributed by atoms with Gasteiger partial charge in [0.05, 0.1) is 6.61 Å². The van der Waals surface area contributed by atoms with Crippen molar-refractivity contribution in [2.45, 2.75) is 25.9 Å². The largest absolute Gasteiger partial charge is 0.508 e. The summed E-state index contributed by atoms with van der Waals surface area (Å²) in [7, 11) is 0. The molecule has 0 amide bonds. The van der Waals surface area contributed by atoms with Gasteiger partial charge in [-0.1, -0.05) is 22.9 Å². The van der Waals surface area contributed by atoms with Gasteiger partial charge < -0.3 is 15.5 Å². The molecule has 84 valence electrons. The summed E-state index contributed by atoms with van der Waals surface area (Å²) in [5.41, 5.74) is 0.988. The van der Waals surface area contributed by atoms with Gasteiger partial charge in [0.15, 0.2) is 0 Å². The highest BCUT2D eigenvalue weighted by molar-refractivity contribution is 9.10. The van der Waals surface area contributed by atoms with Crippen molar-refractivity contribution < 1.29 is 10.2 Å². The highest BCUT2D eigenvalue weighted by Gasteiger charge is 2.05. The lowest BCUT2D eigenvalue weighted by molar-refractivity contribution is 0.238. The van der Waals surface area contributed by atoms with Crippen molar-refractivity contribution in [3.8, 4) is 5.75 Å². The number of rotatable bonds is 5. The number of phenolic OH excluding ortho intramolecular Hbond substituents is 1. The summed E-state index contributed by atoms with van der Waals surface area (Å²) in [4.78, 5) is 0. The summed E-state index contributed by atoms with van der Waals surface area (Å²) in [5, 5.41) is 21.5. The molecule has 0 bridgehead atoms. The van der Waals surface area contributed by atoms with Crippen LogP contribution < -0.4 is 5.32 Å². The summed E-state index contributed by atoms with van der Waals surface area (Å²) in [6, 6.07) is 5.27. The average molecular weight is 274 g/mol. The molecule has 1 atom stereocenters. The van der Waals surface area contributed by atoms with Crippen LogP contribution in [0.25, 0.3) is 0 Å². The third-order valence-electron chi connectivity index (χ3n) is 2.32. The number of aliphatic hydroxyl groups is 1. The van der Waals surface area contributed by atoms with Crippen LogP contribution in [-0.2, 0) is 6.54 Å². The molecule has 0 aliphatic heterocycles. The third-order valence-corrected chi connectivity index (χ3v) is 3.10. The summed E-state index contributed by atoms with van der Waals surface area (Å²) >= 11 is 3.41. The normalized spacial score (nSPS) is 12.7. The standard InChI is InChI=1S/C11H16BrNO2/c1-2-9(7-14)13-6-8-5-10(15)3-4-11(8)12/h3-5,9,13-15H,2,6-7H2,1H3. The number of hydrogen-bond acceptors (Lipinski definition) is 3. The van der Waals surface area contributed by atoms with Gasteiger partial charge in [0.1, 0.15) is 5.75 Å². The van der Waals surface area contributed by atoms with Crippen molar-refractivity contribution in [2.24, 2.45) is 0 Å². The van der Waals surface area contributed by atoms with Gasteiger partial charge >= 0.3 is 0 Å². The maximum atomic E-state index is 9.32. The molecule has 4 heteroatoms. The van der Waals surface area contributed by atoms with E-state index in [0.29, 0.717) is 6.54 Å². The minimum atomic E-state index is 0.110. The van der Waals surface area contributed by atoms with Crippen LogP contribution in [0.1, 0.15) is 18.9 Å². The summed E-state index contributed by atoms with van der Waals surface area (Å²) in [6.07, 6.45) is 0.882. The van der Waals surface area contributed by atoms with Crippen LogP contribution in [0.2, 0.25) is 0 Å². The Labute approximate surface area is 98.3 Å². The molecule has 1 rings (SSSR count). The molecule has 0 saturated heterocycles. The van der Waals surface area contributed by atoms with E-state index in [1.807, 2.05) is 13.0 Å². The quantitative estimate of drug-likeness (QED) is 0.770. The van der Waals surface area contributed by atoms with Crippen LogP contribution in [0, 0.1) is 0 Å². The van der Waals surface area contributed by atoms with Gasteiger partial charge in [-0.2, -0.15) is 0 Å². The lowest BCUT2D eigenvalue weighted by Gasteiger charge is -2.14. The number of phenols is 1. The first-order valence-corrected chi connectivity index (χ1v) is 5.78. The summed E-state index contributed by atoms with van der Waals surface area (Å²) in [5.74, 6) is 0.257. The molecule has 3 N–H and O–H groups in total. The van der Waals surface area contributed by atoms with E-state index in [1.165, 1.54) is 0 Å². The van der Waals surface area contributed by atoms with E-state index in [2.05, 4.69) is 21.2 Å². The molecule has 1 aromatic rings. The second-order valence-corrected chi connectivity index (χ2v) is 4.30. The zero-order valence-corrected chi connectivity index (χ0v) is 10.3. The predicted molar refractivity (Wildman–Crippen MR) is 63.8 cm³/mol. The van der Waals surface area contributed by atoms with Gasteiger partial charge in [0.2, 0.25) is 0 Å². The highest BCUT2D eigenvalue weighted by Crippen LogP contribution is 2.21. The van der Waals surface area contributed by atoms with Crippen LogP contribution in [0.5, 0.6) is 5.75 Å². The fraction of sp³-hybridized carbons (Fsp3) is 0.455. The molecule has 15 heavy (non-hydrogen) atoms. The van der Waals surface area contributed by atoms with Crippen LogP contribution in [-0.4, -0.2) is 22.9 Å². The molecule has 0 fully saturated rings. The van der Waals surface area contributed by atoms with E-state index in [1.54, 1.807) is 12.1 Å². The van der Waals surface area contributed by atoms with Crippen molar-refractivity contribution in [3.63, 3.8) is 0 Å². The van der Waals surface area contributed by atoms with Crippen LogP contribution >= 0.6 is 15.9 Å². The summed E-state index contributed by atoms with van der Waals surface area (Å²) < 4.78 is 0.959. The maximum absolute atomic E-state index is 9.32. The van der Waals surface area contributed by atoms with Crippen LogP contribution in [0.3, 0.4) is 0 Å². The number of aromatic hydroxyl groups is 1. The second-order valence-electron chi connectivity index (χ2n) is 3.44. The number of halogens is 1. The van der Waals surface area contributed by atoms with E-state index in [9.17, 15) is 5.11 Å². The van der Waals surface area contributed by atoms with Crippen LogP contribution in [0.15, 0.2) is 22.7 Å². The molecule has 3 nitrogen and oxygen atoms in total. The second kappa shape index (κ2) is 6.10. The van der Waals surface area contributed by atoms with Gasteiger partial charge in [-0.3, -0.25) is 0 Å². The van der Waals surface area contributed by atoms with E-state index in [0.717, 1.165) is 16.5 Å². The van der Waals surface area contributed by atoms with Crippen molar-refractivity contribution in [1.29, 1.82) is 0 Å². The Balaban J connectivity index is 2.60. The Kier molecular flexibility index (Phi) is 5.08. The smallest absolute Gasteiger partial charge is 0.115 e. The molecule has 0 aromatic heterocycles. The SMILES string of the molecule is CCC(CO)NCc1cc(O)ccc1Br. The van der Waals surface area contributed by atoms with E-state index in [4.69, 9.17) is 5.11 Å². The monoisotopic (exact) mass is 273 g/mol. The molecule has 0 aliphatic rings. The number of aliphatic hydroxyl groups excluding tert-OH is 1. The number of hydrogen-bond donors (Lipinski definition) is 3. The average Bonchev–Trinajstić information content (AvgIpc) is 2.24. The first-order valence-electron chi connectivity index (χ1n) is 4.99. The van der Waals surface area contributed by atoms with Gasteiger partial charge in [-0.05, 0) is 30.2 Å². The van der Waals surface area contributed by atoms with Gasteiger partial charge in [0, 0.05) is 17.1 Å². The van der Waals surface area contributed by atoms with E-state index < -0.39 is 0 Å². The first-order chi connectivity index (χ1) is 7.17. The zero-order valence-electron chi connectivity index (χ0n) is 8.70. The molecule has 1 unspecified atom stereocenters. The molecule has 0 spiro atoms. The minimum Gasteiger partial charge on any atom is -0.508 e. The minimum absolute atomic E-state index is 0.110. The topological polar surface area (TPSA) is 52.5 Å². The van der Waals surface area contributed by atoms with Crippen molar-refractivity contribution in [2.75, 3.05) is 6.61 Å². The lowest BCUT2D eigenvalue weighted by Crippen LogP contribution is -2.31. The fourth-order valence-corrected chi connectivity index (χ4v) is 1.68. The highest BCUT2D eigenvalue weighted by atomic mass is 79.9. The van der Waals surface area contributed by atoms with E-state index >= 15 is 0 Å². The van der Waals surface area contributed by atoms with Crippen LogP contribution in [0.4, 0.5) is 0 Å². The zero-order chi connectivity index (χ0) is 11.3. The molecular weight excluding hydrogens is 258 g/mol. The van der Waals surface area contributed by atoms with E-state index in [-0.39, 0.29) is 18.4 Å². The Morgan fingerprint density at radius 3 is 2.80 bits per heavy atom. The van der Waals surface area contributed by atoms with Crippen molar-refractivity contribution in [1.82, 2.24) is 5.32 Å². The van der Waals surface area contributed by atoms with Gasteiger partial charge in [0.25, 0.3) is 0 Å². The number of nitrogens with one attached hydrogen (secondary N) is 1. The van der Waals surface area contributed by atoms with Gasteiger partial charge in [-0.15, -0.1) is 0 Å². The molecule has 0 saturated carbocycles. The summed E-state index contributed by atoms with van der Waals surface area (Å²) in [6.45, 7) is 2.78. The Bertz CT molecular complexity index is 313. The van der Waals surface area contributed by atoms with Crippen molar-refractivity contribution in [3.05, 3.63) is 28.2 Å². The van der Waals surface area contributed by atoms with Gasteiger partial charge in [-0.25, -0.2) is 0 Å². The Morgan fingerprint density at radius 1 is 1.47 bits per heavy atom. The third kappa shape index (κ3) is 3.81. The molecular formula is C11H16BrNO2. The maximum Gasteiger partial charge on any atom is 0.115 e. The van der Waals surface area contributed by atoms with Crippen molar-refractivity contribution >= 4 is 15.9 Å². The number of benzene rings is 1. The Morgan fingerprint density at radius 2 is 2.20 bits per heavy atom. The first kappa shape index (κ1) is 12.5. The predicted octanol–water partition coefficient (Wildman–Crippen LogP) is 2.02. The molecule has 0 aliphatic carbocycles. The fourth-order valence-electron chi connectivity index (χ4n) is 1.29. The Hall–Kier alpha value is -0.580. The molecule has 0 radical (unpaired) electrons. The lowest BCUT2D eigenvalue weighted by atomic mass is 10.2. The molecule has 1 aromatic carbocycles.